The first-order valence-corrected chi connectivity index (χ1v) is 8.20. The average molecular weight is 331 g/mol. The lowest BCUT2D eigenvalue weighted by Gasteiger charge is -2.33. The van der Waals surface area contributed by atoms with Gasteiger partial charge in [-0.15, -0.1) is 0 Å². The van der Waals surface area contributed by atoms with Crippen LogP contribution in [0.5, 0.6) is 0 Å². The van der Waals surface area contributed by atoms with Crippen LogP contribution in [0.4, 0.5) is 9.18 Å². The molecule has 7 heteroatoms. The van der Waals surface area contributed by atoms with Crippen LogP contribution < -0.4 is 5.32 Å². The predicted molar refractivity (Wildman–Crippen MR) is 87.9 cm³/mol. The number of carbonyl (C=O) groups excluding carboxylic acids is 1. The van der Waals surface area contributed by atoms with E-state index in [9.17, 15) is 9.18 Å². The van der Waals surface area contributed by atoms with Crippen LogP contribution in [-0.2, 0) is 0 Å². The summed E-state index contributed by atoms with van der Waals surface area (Å²) in [6, 6.07) is 4.83. The summed E-state index contributed by atoms with van der Waals surface area (Å²) < 4.78 is 15.5. The Kier molecular flexibility index (Phi) is 4.78. The number of hydrogen-bond acceptors (Lipinski definition) is 3. The Hall–Kier alpha value is -2.44. The lowest BCUT2D eigenvalue weighted by atomic mass is 10.1. The number of benzene rings is 1. The molecule has 24 heavy (non-hydrogen) atoms. The zero-order valence-electron chi connectivity index (χ0n) is 13.9. The van der Waals surface area contributed by atoms with Gasteiger partial charge in [0.2, 0.25) is 0 Å². The number of urea groups is 1. The van der Waals surface area contributed by atoms with E-state index in [0.29, 0.717) is 18.7 Å². The molecular weight excluding hydrogens is 309 g/mol. The second kappa shape index (κ2) is 6.98. The van der Waals surface area contributed by atoms with E-state index in [2.05, 4.69) is 15.4 Å². The van der Waals surface area contributed by atoms with E-state index in [4.69, 9.17) is 0 Å². The van der Waals surface area contributed by atoms with Gasteiger partial charge in [-0.3, -0.25) is 0 Å². The number of nitrogens with one attached hydrogen (secondary N) is 1. The summed E-state index contributed by atoms with van der Waals surface area (Å²) in [6.07, 6.45) is 5.09. The normalized spacial score (nSPS) is 19.1. The number of hydrogen-bond donors (Lipinski definition) is 1. The van der Waals surface area contributed by atoms with Gasteiger partial charge in [0.25, 0.3) is 0 Å². The van der Waals surface area contributed by atoms with Gasteiger partial charge in [0.15, 0.2) is 0 Å². The molecule has 2 heterocycles. The summed E-state index contributed by atoms with van der Waals surface area (Å²) in [5.41, 5.74) is 1.36. The van der Waals surface area contributed by atoms with Crippen molar-refractivity contribution >= 4 is 6.03 Å². The average Bonchev–Trinajstić information content (AvgIpc) is 3.12. The van der Waals surface area contributed by atoms with Crippen LogP contribution in [0.1, 0.15) is 43.0 Å². The van der Waals surface area contributed by atoms with Crippen molar-refractivity contribution in [1.29, 1.82) is 0 Å². The van der Waals surface area contributed by atoms with Crippen molar-refractivity contribution < 1.29 is 9.18 Å². The van der Waals surface area contributed by atoms with Crippen LogP contribution >= 0.6 is 0 Å². The smallest absolute Gasteiger partial charge is 0.317 e. The van der Waals surface area contributed by atoms with Crippen LogP contribution in [0.3, 0.4) is 0 Å². The van der Waals surface area contributed by atoms with Crippen molar-refractivity contribution in [3.8, 4) is 0 Å². The number of amides is 2. The van der Waals surface area contributed by atoms with Crippen molar-refractivity contribution in [1.82, 2.24) is 25.0 Å². The molecule has 0 aliphatic carbocycles. The summed E-state index contributed by atoms with van der Waals surface area (Å²) in [7, 11) is 0. The molecule has 1 aliphatic heterocycles. The van der Waals surface area contributed by atoms with Crippen LogP contribution in [0, 0.1) is 12.7 Å². The fourth-order valence-electron chi connectivity index (χ4n) is 3.00. The van der Waals surface area contributed by atoms with E-state index in [1.54, 1.807) is 28.9 Å². The fourth-order valence-corrected chi connectivity index (χ4v) is 3.00. The van der Waals surface area contributed by atoms with E-state index >= 15 is 0 Å². The van der Waals surface area contributed by atoms with Crippen molar-refractivity contribution in [3.63, 3.8) is 0 Å². The van der Waals surface area contributed by atoms with Gasteiger partial charge in [0, 0.05) is 13.1 Å². The first kappa shape index (κ1) is 16.4. The third kappa shape index (κ3) is 3.55. The van der Waals surface area contributed by atoms with Gasteiger partial charge in [-0.1, -0.05) is 12.1 Å². The summed E-state index contributed by atoms with van der Waals surface area (Å²) in [5, 5.41) is 7.12. The molecule has 0 unspecified atom stereocenters. The zero-order chi connectivity index (χ0) is 17.1. The predicted octanol–water partition coefficient (Wildman–Crippen LogP) is 2.83. The molecule has 3 rings (SSSR count). The van der Waals surface area contributed by atoms with Gasteiger partial charge < -0.3 is 10.2 Å². The van der Waals surface area contributed by atoms with Crippen LogP contribution in [0.2, 0.25) is 0 Å². The van der Waals surface area contributed by atoms with Crippen molar-refractivity contribution in [2.24, 2.45) is 0 Å². The van der Waals surface area contributed by atoms with Gasteiger partial charge >= 0.3 is 6.03 Å². The van der Waals surface area contributed by atoms with Crippen molar-refractivity contribution in [2.75, 3.05) is 13.1 Å². The molecule has 0 radical (unpaired) electrons. The molecule has 1 fully saturated rings. The molecule has 1 saturated heterocycles. The Bertz CT molecular complexity index is 703. The van der Waals surface area contributed by atoms with Crippen LogP contribution in [0.15, 0.2) is 30.9 Å². The lowest BCUT2D eigenvalue weighted by Crippen LogP contribution is -2.46. The molecule has 1 N–H and O–H groups in total. The summed E-state index contributed by atoms with van der Waals surface area (Å²) >= 11 is 0. The Balaban J connectivity index is 1.62. The molecule has 2 amide bonds. The Labute approximate surface area is 140 Å². The highest BCUT2D eigenvalue weighted by Gasteiger charge is 2.26. The molecule has 2 aromatic rings. The second-order valence-corrected chi connectivity index (χ2v) is 6.30. The van der Waals surface area contributed by atoms with E-state index in [1.165, 1.54) is 12.4 Å². The summed E-state index contributed by atoms with van der Waals surface area (Å²) in [4.78, 5) is 18.3. The maximum atomic E-state index is 13.7. The number of aromatic nitrogens is 3. The minimum absolute atomic E-state index is 0.131. The molecule has 1 aromatic carbocycles. The zero-order valence-corrected chi connectivity index (χ0v) is 13.9. The fraction of sp³-hybridized carbons (Fsp3) is 0.471. The highest BCUT2D eigenvalue weighted by atomic mass is 19.1. The monoisotopic (exact) mass is 331 g/mol. The standard InChI is InChI=1S/C17H22FN5O/c1-12-5-6-14(8-16(12)18)13(2)21-17(24)22-7-3-4-15(9-22)23-11-19-10-20-23/h5-6,8,10-11,13,15H,3-4,7,9H2,1-2H3,(H,21,24)/t13-,15+/m1/s1. The summed E-state index contributed by atoms with van der Waals surface area (Å²) in [6.45, 7) is 4.90. The van der Waals surface area contributed by atoms with Gasteiger partial charge in [-0.25, -0.2) is 18.9 Å². The molecule has 0 bridgehead atoms. The quantitative estimate of drug-likeness (QED) is 0.941. The first-order valence-electron chi connectivity index (χ1n) is 8.20. The molecule has 0 spiro atoms. The highest BCUT2D eigenvalue weighted by Crippen LogP contribution is 2.21. The van der Waals surface area contributed by atoms with E-state index in [1.807, 2.05) is 13.0 Å². The van der Waals surface area contributed by atoms with Gasteiger partial charge in [-0.05, 0) is 43.9 Å². The van der Waals surface area contributed by atoms with E-state index in [0.717, 1.165) is 18.4 Å². The maximum Gasteiger partial charge on any atom is 0.317 e. The van der Waals surface area contributed by atoms with E-state index in [-0.39, 0.29) is 23.9 Å². The first-order chi connectivity index (χ1) is 11.5. The number of carbonyl (C=O) groups is 1. The molecule has 128 valence electrons. The number of rotatable bonds is 3. The van der Waals surface area contributed by atoms with Gasteiger partial charge in [-0.2, -0.15) is 5.10 Å². The number of piperidine rings is 1. The summed E-state index contributed by atoms with van der Waals surface area (Å²) in [5.74, 6) is -0.252. The third-order valence-corrected chi connectivity index (χ3v) is 4.53. The minimum Gasteiger partial charge on any atom is -0.331 e. The molecule has 0 saturated carbocycles. The second-order valence-electron chi connectivity index (χ2n) is 6.30. The van der Waals surface area contributed by atoms with E-state index < -0.39 is 0 Å². The Morgan fingerprint density at radius 2 is 2.29 bits per heavy atom. The SMILES string of the molecule is Cc1ccc([C@@H](C)NC(=O)N2CCC[C@H](n3cncn3)C2)cc1F. The van der Waals surface area contributed by atoms with Crippen molar-refractivity contribution in [2.45, 2.75) is 38.8 Å². The molecule has 1 aromatic heterocycles. The molecule has 2 atom stereocenters. The number of likely N-dealkylation sites (tertiary alicyclic amines) is 1. The Morgan fingerprint density at radius 1 is 1.46 bits per heavy atom. The Morgan fingerprint density at radius 3 is 3.00 bits per heavy atom. The number of nitrogens with zero attached hydrogens (tertiary/aromatic N) is 4. The molecular formula is C17H22FN5O. The minimum atomic E-state index is -0.252. The van der Waals surface area contributed by atoms with Crippen LogP contribution in [0.25, 0.3) is 0 Å². The largest absolute Gasteiger partial charge is 0.331 e. The van der Waals surface area contributed by atoms with Crippen LogP contribution in [-0.4, -0.2) is 38.8 Å². The third-order valence-electron chi connectivity index (χ3n) is 4.53. The number of halogens is 1. The lowest BCUT2D eigenvalue weighted by molar-refractivity contribution is 0.160. The topological polar surface area (TPSA) is 63.1 Å². The highest BCUT2D eigenvalue weighted by molar-refractivity contribution is 5.74. The van der Waals surface area contributed by atoms with Gasteiger partial charge in [0.05, 0.1) is 12.1 Å². The number of aryl methyl sites for hydroxylation is 1. The van der Waals surface area contributed by atoms with Crippen molar-refractivity contribution in [3.05, 3.63) is 47.8 Å². The van der Waals surface area contributed by atoms with Gasteiger partial charge in [0.1, 0.15) is 18.5 Å². The molecule has 1 aliphatic rings. The molecule has 6 nitrogen and oxygen atoms in total. The maximum absolute atomic E-state index is 13.7.